The smallest absolute Gasteiger partial charge is 0.290 e. The topological polar surface area (TPSA) is 81.2 Å². The molecule has 1 N–H and O–H groups in total. The van der Waals surface area contributed by atoms with E-state index in [-0.39, 0.29) is 17.7 Å². The molecule has 3 rings (SSSR count). The number of nitrogens with zero attached hydrogens (tertiary/aromatic N) is 2. The van der Waals surface area contributed by atoms with Crippen molar-refractivity contribution in [2.45, 2.75) is 46.1 Å². The normalized spacial score (nSPS) is 11.1. The first-order chi connectivity index (χ1) is 12.5. The predicted octanol–water partition coefficient (Wildman–Crippen LogP) is 3.95. The van der Waals surface area contributed by atoms with E-state index in [9.17, 15) is 4.79 Å². The molecule has 0 bridgehead atoms. The standard InChI is InChI=1S/C20H23N3O3/c1-13(2)21-20(24)18-12-16(22-26-18)10-7-11-17-14(3)25-23-19(17)15-8-5-4-6-9-15/h4-6,8-9,12-13H,7,10-11H2,1-3H3,(H,21,24). The van der Waals surface area contributed by atoms with Crippen LogP contribution in [0.1, 0.15) is 47.8 Å². The maximum Gasteiger partial charge on any atom is 0.290 e. The number of hydrogen-bond acceptors (Lipinski definition) is 5. The first-order valence-electron chi connectivity index (χ1n) is 8.81. The van der Waals surface area contributed by atoms with Gasteiger partial charge in [0, 0.05) is 23.2 Å². The molecule has 0 aliphatic heterocycles. The Kier molecular flexibility index (Phi) is 5.51. The van der Waals surface area contributed by atoms with E-state index in [1.54, 1.807) is 6.07 Å². The van der Waals surface area contributed by atoms with Crippen molar-refractivity contribution < 1.29 is 13.8 Å². The van der Waals surface area contributed by atoms with Gasteiger partial charge in [0.1, 0.15) is 11.5 Å². The van der Waals surface area contributed by atoms with Gasteiger partial charge < -0.3 is 14.4 Å². The van der Waals surface area contributed by atoms with Crippen molar-refractivity contribution in [3.05, 3.63) is 59.2 Å². The second-order valence-electron chi connectivity index (χ2n) is 6.60. The van der Waals surface area contributed by atoms with Crippen LogP contribution < -0.4 is 5.32 Å². The third-order valence-corrected chi connectivity index (χ3v) is 4.09. The molecule has 0 aliphatic rings. The zero-order valence-corrected chi connectivity index (χ0v) is 15.3. The van der Waals surface area contributed by atoms with Gasteiger partial charge in [-0.3, -0.25) is 4.79 Å². The molecule has 0 fully saturated rings. The van der Waals surface area contributed by atoms with Gasteiger partial charge in [-0.25, -0.2) is 0 Å². The molecule has 1 aromatic carbocycles. The fourth-order valence-corrected chi connectivity index (χ4v) is 2.82. The highest BCUT2D eigenvalue weighted by Gasteiger charge is 2.16. The van der Waals surface area contributed by atoms with Crippen molar-refractivity contribution in [2.75, 3.05) is 0 Å². The highest BCUT2D eigenvalue weighted by atomic mass is 16.5. The molecule has 0 aliphatic carbocycles. The van der Waals surface area contributed by atoms with Crippen LogP contribution in [-0.2, 0) is 12.8 Å². The lowest BCUT2D eigenvalue weighted by molar-refractivity contribution is 0.0906. The Morgan fingerprint density at radius 2 is 1.88 bits per heavy atom. The predicted molar refractivity (Wildman–Crippen MR) is 97.8 cm³/mol. The molecule has 0 unspecified atom stereocenters. The van der Waals surface area contributed by atoms with Gasteiger partial charge in [-0.15, -0.1) is 0 Å². The van der Waals surface area contributed by atoms with E-state index in [4.69, 9.17) is 9.05 Å². The Morgan fingerprint density at radius 3 is 2.62 bits per heavy atom. The van der Waals surface area contributed by atoms with Crippen LogP contribution in [0.4, 0.5) is 0 Å². The molecule has 0 spiro atoms. The van der Waals surface area contributed by atoms with Gasteiger partial charge in [0.15, 0.2) is 0 Å². The summed E-state index contributed by atoms with van der Waals surface area (Å²) in [5.41, 5.74) is 3.82. The summed E-state index contributed by atoms with van der Waals surface area (Å²) < 4.78 is 10.5. The summed E-state index contributed by atoms with van der Waals surface area (Å²) in [5.74, 6) is 0.848. The Bertz CT molecular complexity index is 866. The summed E-state index contributed by atoms with van der Waals surface area (Å²) in [7, 11) is 0. The maximum atomic E-state index is 11.9. The highest BCUT2D eigenvalue weighted by molar-refractivity contribution is 5.91. The van der Waals surface area contributed by atoms with Crippen LogP contribution in [0, 0.1) is 6.92 Å². The van der Waals surface area contributed by atoms with E-state index in [0.29, 0.717) is 0 Å². The highest BCUT2D eigenvalue weighted by Crippen LogP contribution is 2.26. The van der Waals surface area contributed by atoms with Crippen LogP contribution >= 0.6 is 0 Å². The Morgan fingerprint density at radius 1 is 1.12 bits per heavy atom. The summed E-state index contributed by atoms with van der Waals surface area (Å²) in [6.07, 6.45) is 2.40. The van der Waals surface area contributed by atoms with Crippen LogP contribution in [-0.4, -0.2) is 22.3 Å². The second kappa shape index (κ2) is 7.99. The number of amides is 1. The largest absolute Gasteiger partial charge is 0.361 e. The molecular weight excluding hydrogens is 330 g/mol. The number of benzene rings is 1. The van der Waals surface area contributed by atoms with E-state index >= 15 is 0 Å². The lowest BCUT2D eigenvalue weighted by atomic mass is 10.0. The molecule has 0 saturated heterocycles. The minimum Gasteiger partial charge on any atom is -0.361 e. The number of hydrogen-bond donors (Lipinski definition) is 1. The number of carbonyl (C=O) groups excluding carboxylic acids is 1. The quantitative estimate of drug-likeness (QED) is 0.695. The van der Waals surface area contributed by atoms with Crippen molar-refractivity contribution in [3.63, 3.8) is 0 Å². The third kappa shape index (κ3) is 4.20. The fourth-order valence-electron chi connectivity index (χ4n) is 2.82. The van der Waals surface area contributed by atoms with Crippen LogP contribution in [0.15, 0.2) is 45.4 Å². The number of aromatic nitrogens is 2. The average Bonchev–Trinajstić information content (AvgIpc) is 3.23. The summed E-state index contributed by atoms with van der Waals surface area (Å²) in [5, 5.41) is 11.0. The SMILES string of the molecule is Cc1onc(-c2ccccc2)c1CCCc1cc(C(=O)NC(C)C)on1. The van der Waals surface area contributed by atoms with Crippen molar-refractivity contribution in [2.24, 2.45) is 0 Å². The minimum atomic E-state index is -0.236. The number of aryl methyl sites for hydroxylation is 2. The summed E-state index contributed by atoms with van der Waals surface area (Å²) in [6, 6.07) is 11.8. The van der Waals surface area contributed by atoms with Crippen molar-refractivity contribution in [1.29, 1.82) is 0 Å². The molecule has 1 amide bonds. The average molecular weight is 353 g/mol. The second-order valence-corrected chi connectivity index (χ2v) is 6.60. The molecule has 0 radical (unpaired) electrons. The Labute approximate surface area is 152 Å². The molecular formula is C20H23N3O3. The van der Waals surface area contributed by atoms with E-state index in [1.165, 1.54) is 0 Å². The van der Waals surface area contributed by atoms with Gasteiger partial charge in [-0.2, -0.15) is 0 Å². The molecule has 26 heavy (non-hydrogen) atoms. The number of carbonyl (C=O) groups is 1. The van der Waals surface area contributed by atoms with Crippen LogP contribution in [0.25, 0.3) is 11.3 Å². The first-order valence-corrected chi connectivity index (χ1v) is 8.81. The van der Waals surface area contributed by atoms with Gasteiger partial charge in [0.25, 0.3) is 5.91 Å². The molecule has 136 valence electrons. The molecule has 0 atom stereocenters. The van der Waals surface area contributed by atoms with Gasteiger partial charge >= 0.3 is 0 Å². The lowest BCUT2D eigenvalue weighted by Crippen LogP contribution is -2.29. The molecule has 2 heterocycles. The lowest BCUT2D eigenvalue weighted by Gasteiger charge is -2.04. The van der Waals surface area contributed by atoms with E-state index in [0.717, 1.165) is 47.5 Å². The Balaban J connectivity index is 1.62. The van der Waals surface area contributed by atoms with Crippen molar-refractivity contribution in [1.82, 2.24) is 15.6 Å². The first kappa shape index (κ1) is 17.9. The zero-order valence-electron chi connectivity index (χ0n) is 15.3. The number of rotatable bonds is 7. The van der Waals surface area contributed by atoms with Gasteiger partial charge in [-0.1, -0.05) is 40.6 Å². The van der Waals surface area contributed by atoms with E-state index in [1.807, 2.05) is 51.1 Å². The van der Waals surface area contributed by atoms with Gasteiger partial charge in [0.2, 0.25) is 5.76 Å². The zero-order chi connectivity index (χ0) is 18.5. The molecule has 2 aromatic heterocycles. The molecule has 0 saturated carbocycles. The summed E-state index contributed by atoms with van der Waals surface area (Å²) >= 11 is 0. The molecule has 6 heteroatoms. The molecule has 3 aromatic rings. The van der Waals surface area contributed by atoms with Crippen molar-refractivity contribution in [3.8, 4) is 11.3 Å². The van der Waals surface area contributed by atoms with Gasteiger partial charge in [-0.05, 0) is 40.0 Å². The van der Waals surface area contributed by atoms with Gasteiger partial charge in [0.05, 0.1) is 5.69 Å². The maximum absolute atomic E-state index is 11.9. The number of nitrogens with one attached hydrogen (secondary N) is 1. The summed E-state index contributed by atoms with van der Waals surface area (Å²) in [4.78, 5) is 11.9. The van der Waals surface area contributed by atoms with Crippen molar-refractivity contribution >= 4 is 5.91 Å². The Hall–Kier alpha value is -2.89. The molecule has 6 nitrogen and oxygen atoms in total. The van der Waals surface area contributed by atoms with E-state index in [2.05, 4.69) is 15.6 Å². The minimum absolute atomic E-state index is 0.0593. The third-order valence-electron chi connectivity index (χ3n) is 4.09. The fraction of sp³-hybridized carbons (Fsp3) is 0.350. The van der Waals surface area contributed by atoms with E-state index < -0.39 is 0 Å². The van der Waals surface area contributed by atoms with Crippen LogP contribution in [0.3, 0.4) is 0 Å². The van der Waals surface area contributed by atoms with Crippen LogP contribution in [0.5, 0.6) is 0 Å². The monoisotopic (exact) mass is 353 g/mol. The summed E-state index contributed by atoms with van der Waals surface area (Å²) in [6.45, 7) is 5.74. The van der Waals surface area contributed by atoms with Crippen LogP contribution in [0.2, 0.25) is 0 Å².